The Kier molecular flexibility index (Phi) is 3.09. The van der Waals surface area contributed by atoms with Crippen LogP contribution in [0.5, 0.6) is 5.75 Å². The highest BCUT2D eigenvalue weighted by Gasteiger charge is 2.14. The second-order valence-corrected chi connectivity index (χ2v) is 5.22. The van der Waals surface area contributed by atoms with E-state index in [1.807, 2.05) is 11.4 Å². The lowest BCUT2D eigenvalue weighted by Gasteiger charge is -2.08. The maximum absolute atomic E-state index is 6.19. The highest BCUT2D eigenvalue weighted by Crippen LogP contribution is 2.33. The van der Waals surface area contributed by atoms with E-state index >= 15 is 0 Å². The molecule has 0 fully saturated rings. The van der Waals surface area contributed by atoms with Crippen LogP contribution in [-0.4, -0.2) is 7.11 Å². The molecule has 0 bridgehead atoms. The van der Waals surface area contributed by atoms with Crippen molar-refractivity contribution in [2.24, 2.45) is 5.73 Å². The fraction of sp³-hybridized carbons (Fsp3) is 0.273. The van der Waals surface area contributed by atoms with Gasteiger partial charge in [-0.2, -0.15) is 0 Å². The van der Waals surface area contributed by atoms with Crippen LogP contribution in [0.15, 0.2) is 22.9 Å². The first-order valence-electron chi connectivity index (χ1n) is 4.64. The second kappa shape index (κ2) is 4.35. The molecule has 0 saturated heterocycles. The van der Waals surface area contributed by atoms with Crippen molar-refractivity contribution < 1.29 is 4.74 Å². The minimum atomic E-state index is -0.0149. The predicted molar refractivity (Wildman–Crippen MR) is 66.0 cm³/mol. The van der Waals surface area contributed by atoms with Crippen molar-refractivity contribution in [3.63, 3.8) is 0 Å². The highest BCUT2D eigenvalue weighted by atomic mass is 32.1. The number of methoxy groups -OCH3 is 1. The standard InChI is InChI=1S/C11H13NOS2/c1-7-3-4-14-11(7)10(12)9-5-8(13-2)6-15-9/h3-6,10H,12H2,1-2H3. The summed E-state index contributed by atoms with van der Waals surface area (Å²) in [5.41, 5.74) is 7.46. The molecule has 1 unspecified atom stereocenters. The predicted octanol–water partition coefficient (Wildman–Crippen LogP) is 3.17. The van der Waals surface area contributed by atoms with Gasteiger partial charge < -0.3 is 10.5 Å². The van der Waals surface area contributed by atoms with E-state index in [0.29, 0.717) is 0 Å². The number of thiophene rings is 2. The number of nitrogens with two attached hydrogens (primary N) is 1. The summed E-state index contributed by atoms with van der Waals surface area (Å²) < 4.78 is 5.15. The van der Waals surface area contributed by atoms with Crippen LogP contribution in [0.3, 0.4) is 0 Å². The minimum Gasteiger partial charge on any atom is -0.496 e. The Hall–Kier alpha value is -0.840. The summed E-state index contributed by atoms with van der Waals surface area (Å²) in [5.74, 6) is 0.889. The molecule has 15 heavy (non-hydrogen) atoms. The van der Waals surface area contributed by atoms with Gasteiger partial charge >= 0.3 is 0 Å². The molecule has 0 saturated carbocycles. The van der Waals surface area contributed by atoms with Gasteiger partial charge in [-0.05, 0) is 30.0 Å². The van der Waals surface area contributed by atoms with Crippen LogP contribution in [0.4, 0.5) is 0 Å². The first kappa shape index (κ1) is 10.7. The molecule has 2 aromatic rings. The largest absolute Gasteiger partial charge is 0.496 e. The lowest BCUT2D eigenvalue weighted by Crippen LogP contribution is -2.09. The smallest absolute Gasteiger partial charge is 0.129 e. The lowest BCUT2D eigenvalue weighted by molar-refractivity contribution is 0.416. The van der Waals surface area contributed by atoms with E-state index in [9.17, 15) is 0 Å². The highest BCUT2D eigenvalue weighted by molar-refractivity contribution is 7.11. The Balaban J connectivity index is 2.28. The monoisotopic (exact) mass is 239 g/mol. The maximum atomic E-state index is 6.19. The molecule has 2 N–H and O–H groups in total. The molecule has 80 valence electrons. The molecule has 2 nitrogen and oxygen atoms in total. The summed E-state index contributed by atoms with van der Waals surface area (Å²) in [7, 11) is 1.67. The van der Waals surface area contributed by atoms with Crippen LogP contribution >= 0.6 is 22.7 Å². The molecule has 2 aromatic heterocycles. The fourth-order valence-corrected chi connectivity index (χ4v) is 3.32. The zero-order valence-electron chi connectivity index (χ0n) is 8.69. The number of aryl methyl sites for hydroxylation is 1. The average Bonchev–Trinajstić information content (AvgIpc) is 2.84. The van der Waals surface area contributed by atoms with E-state index < -0.39 is 0 Å². The number of hydrogen-bond donors (Lipinski definition) is 1. The minimum absolute atomic E-state index is 0.0149. The molecule has 0 spiro atoms. The molecule has 0 aromatic carbocycles. The first-order valence-corrected chi connectivity index (χ1v) is 6.40. The van der Waals surface area contributed by atoms with Gasteiger partial charge in [0.05, 0.1) is 13.2 Å². The quantitative estimate of drug-likeness (QED) is 0.893. The van der Waals surface area contributed by atoms with Crippen molar-refractivity contribution in [3.8, 4) is 5.75 Å². The Morgan fingerprint density at radius 1 is 1.40 bits per heavy atom. The van der Waals surface area contributed by atoms with Crippen molar-refractivity contribution in [3.05, 3.63) is 38.2 Å². The Bertz CT molecular complexity index is 447. The van der Waals surface area contributed by atoms with Gasteiger partial charge in [0.2, 0.25) is 0 Å². The van der Waals surface area contributed by atoms with Gasteiger partial charge in [-0.25, -0.2) is 0 Å². The van der Waals surface area contributed by atoms with E-state index in [1.165, 1.54) is 10.4 Å². The molecular weight excluding hydrogens is 226 g/mol. The van der Waals surface area contributed by atoms with Gasteiger partial charge in [-0.15, -0.1) is 22.7 Å². The van der Waals surface area contributed by atoms with Gasteiger partial charge in [-0.3, -0.25) is 0 Å². The number of ether oxygens (including phenoxy) is 1. The van der Waals surface area contributed by atoms with Crippen molar-refractivity contribution in [1.82, 2.24) is 0 Å². The third-order valence-corrected chi connectivity index (χ3v) is 4.42. The first-order chi connectivity index (χ1) is 7.22. The van der Waals surface area contributed by atoms with Gasteiger partial charge in [0.1, 0.15) is 5.75 Å². The molecule has 2 heterocycles. The fourth-order valence-electron chi connectivity index (χ4n) is 1.44. The zero-order valence-corrected chi connectivity index (χ0v) is 10.3. The van der Waals surface area contributed by atoms with Crippen LogP contribution in [0, 0.1) is 6.92 Å². The van der Waals surface area contributed by atoms with Crippen molar-refractivity contribution in [1.29, 1.82) is 0 Å². The summed E-state index contributed by atoms with van der Waals surface area (Å²) in [5, 5.41) is 4.06. The Morgan fingerprint density at radius 3 is 2.73 bits per heavy atom. The van der Waals surface area contributed by atoms with Crippen molar-refractivity contribution in [2.45, 2.75) is 13.0 Å². The molecule has 2 rings (SSSR count). The molecule has 0 amide bonds. The van der Waals surface area contributed by atoms with Crippen LogP contribution in [0.1, 0.15) is 21.4 Å². The van der Waals surface area contributed by atoms with Crippen molar-refractivity contribution >= 4 is 22.7 Å². The summed E-state index contributed by atoms with van der Waals surface area (Å²) in [6.07, 6.45) is 0. The molecule has 0 aliphatic rings. The zero-order chi connectivity index (χ0) is 10.8. The molecule has 0 aliphatic heterocycles. The Labute approximate surface area is 97.3 Å². The molecular formula is C11H13NOS2. The normalized spacial score (nSPS) is 12.7. The van der Waals surface area contributed by atoms with Gasteiger partial charge in [0, 0.05) is 15.1 Å². The second-order valence-electron chi connectivity index (χ2n) is 3.33. The average molecular weight is 239 g/mol. The topological polar surface area (TPSA) is 35.2 Å². The summed E-state index contributed by atoms with van der Waals surface area (Å²) in [4.78, 5) is 2.39. The van der Waals surface area contributed by atoms with Crippen LogP contribution in [0.25, 0.3) is 0 Å². The molecule has 1 atom stereocenters. The summed E-state index contributed by atoms with van der Waals surface area (Å²) >= 11 is 3.36. The van der Waals surface area contributed by atoms with E-state index in [1.54, 1.807) is 29.8 Å². The molecule has 0 radical (unpaired) electrons. The number of hydrogen-bond acceptors (Lipinski definition) is 4. The van der Waals surface area contributed by atoms with E-state index in [-0.39, 0.29) is 6.04 Å². The third-order valence-electron chi connectivity index (χ3n) is 2.32. The van der Waals surface area contributed by atoms with Gasteiger partial charge in [-0.1, -0.05) is 0 Å². The third kappa shape index (κ3) is 2.07. The maximum Gasteiger partial charge on any atom is 0.129 e. The summed E-state index contributed by atoms with van der Waals surface area (Å²) in [6, 6.07) is 4.10. The van der Waals surface area contributed by atoms with Crippen LogP contribution < -0.4 is 10.5 Å². The van der Waals surface area contributed by atoms with E-state index in [4.69, 9.17) is 10.5 Å². The molecule has 4 heteroatoms. The Morgan fingerprint density at radius 2 is 2.20 bits per heavy atom. The van der Waals surface area contributed by atoms with Crippen molar-refractivity contribution in [2.75, 3.05) is 7.11 Å². The van der Waals surface area contributed by atoms with Crippen LogP contribution in [0.2, 0.25) is 0 Å². The summed E-state index contributed by atoms with van der Waals surface area (Å²) in [6.45, 7) is 2.09. The van der Waals surface area contributed by atoms with E-state index in [0.717, 1.165) is 10.6 Å². The SMILES string of the molecule is COc1csc(C(N)c2sccc2C)c1. The van der Waals surface area contributed by atoms with Crippen LogP contribution in [-0.2, 0) is 0 Å². The van der Waals surface area contributed by atoms with E-state index in [2.05, 4.69) is 18.4 Å². The van der Waals surface area contributed by atoms with Gasteiger partial charge in [0.15, 0.2) is 0 Å². The molecule has 0 aliphatic carbocycles. The lowest BCUT2D eigenvalue weighted by atomic mass is 10.1. The number of rotatable bonds is 3. The van der Waals surface area contributed by atoms with Gasteiger partial charge in [0.25, 0.3) is 0 Å².